The van der Waals surface area contributed by atoms with E-state index in [1.54, 1.807) is 13.0 Å². The van der Waals surface area contributed by atoms with Crippen LogP contribution in [0.5, 0.6) is 0 Å². The van der Waals surface area contributed by atoms with E-state index in [-0.39, 0.29) is 41.5 Å². The Balaban J connectivity index is 2.60. The summed E-state index contributed by atoms with van der Waals surface area (Å²) in [6, 6.07) is 5.78. The molecule has 11 heteroatoms. The summed E-state index contributed by atoms with van der Waals surface area (Å²) in [5, 5.41) is 26.7. The molecule has 30 heavy (non-hydrogen) atoms. The van der Waals surface area contributed by atoms with E-state index in [9.17, 15) is 24.8 Å². The maximum absolute atomic E-state index is 12.6. The van der Waals surface area contributed by atoms with Crippen LogP contribution in [0.15, 0.2) is 47.0 Å². The number of nitrogens with zero attached hydrogens (tertiary/aromatic N) is 1. The number of para-hydroxylation sites is 1. The van der Waals surface area contributed by atoms with E-state index in [2.05, 4.69) is 10.6 Å². The molecule has 1 aromatic carbocycles. The molecule has 162 valence electrons. The van der Waals surface area contributed by atoms with Crippen molar-refractivity contribution in [2.24, 2.45) is 0 Å². The Bertz CT molecular complexity index is 894. The first-order valence-electron chi connectivity index (χ1n) is 8.96. The molecule has 0 spiro atoms. The van der Waals surface area contributed by atoms with Gasteiger partial charge in [-0.2, -0.15) is 0 Å². The quantitative estimate of drug-likeness (QED) is 0.244. The topological polar surface area (TPSA) is 149 Å². The molecule has 1 heterocycles. The van der Waals surface area contributed by atoms with E-state index in [0.29, 0.717) is 5.70 Å². The molecule has 0 aromatic heterocycles. The Morgan fingerprint density at radius 2 is 2.00 bits per heavy atom. The van der Waals surface area contributed by atoms with Gasteiger partial charge in [-0.3, -0.25) is 14.9 Å². The molecule has 0 aliphatic carbocycles. The number of methoxy groups -OCH3 is 1. The molecule has 11 nitrogen and oxygen atoms in total. The largest absolute Gasteiger partial charge is 0.513 e. The van der Waals surface area contributed by atoms with Crippen LogP contribution in [0.25, 0.3) is 0 Å². The molecule has 0 bridgehead atoms. The number of dihydropyridines is 1. The molecule has 0 saturated carbocycles. The molecule has 1 unspecified atom stereocenters. The number of nitro groups is 1. The lowest BCUT2D eigenvalue weighted by Crippen LogP contribution is -2.36. The highest BCUT2D eigenvalue weighted by Gasteiger charge is 2.39. The van der Waals surface area contributed by atoms with Gasteiger partial charge in [0.05, 0.1) is 41.0 Å². The van der Waals surface area contributed by atoms with E-state index >= 15 is 0 Å². The van der Waals surface area contributed by atoms with Crippen molar-refractivity contribution in [3.63, 3.8) is 0 Å². The molecule has 1 aromatic rings. The molecule has 0 radical (unpaired) electrons. The second kappa shape index (κ2) is 10.4. The van der Waals surface area contributed by atoms with Crippen molar-refractivity contribution in [2.45, 2.75) is 12.8 Å². The number of nitrogens with one attached hydrogen (secondary N) is 2. The Labute approximate surface area is 172 Å². The van der Waals surface area contributed by atoms with E-state index in [0.717, 1.165) is 0 Å². The number of ether oxygens (including phenoxy) is 3. The van der Waals surface area contributed by atoms with Gasteiger partial charge >= 0.3 is 6.16 Å². The number of hydrogen-bond donors (Lipinski definition) is 3. The monoisotopic (exact) mass is 421 g/mol. The fourth-order valence-electron chi connectivity index (χ4n) is 3.06. The number of carbonyl (C=O) groups is 2. The van der Waals surface area contributed by atoms with Crippen molar-refractivity contribution in [3.05, 3.63) is 62.7 Å². The minimum absolute atomic E-state index is 0.0143. The highest BCUT2D eigenvalue weighted by atomic mass is 16.7. The SMILES string of the molecule is CNC(=O)C1=C(CO)NC(C)=C(OC(=O)OCCOC)C1c1ccccc1[N+](=O)[O-]. The Hall–Kier alpha value is -3.44. The van der Waals surface area contributed by atoms with Gasteiger partial charge in [-0.15, -0.1) is 0 Å². The lowest BCUT2D eigenvalue weighted by Gasteiger charge is -2.30. The van der Waals surface area contributed by atoms with Crippen molar-refractivity contribution in [2.75, 3.05) is 34.0 Å². The number of aliphatic hydroxyl groups is 1. The molecular formula is C19H23N3O8. The van der Waals surface area contributed by atoms with E-state index in [1.807, 2.05) is 0 Å². The van der Waals surface area contributed by atoms with Crippen LogP contribution in [0.1, 0.15) is 18.4 Å². The number of aliphatic hydroxyl groups excluding tert-OH is 1. The molecule has 0 fully saturated rings. The van der Waals surface area contributed by atoms with Crippen LogP contribution >= 0.6 is 0 Å². The van der Waals surface area contributed by atoms with Crippen molar-refractivity contribution in [3.8, 4) is 0 Å². The standard InChI is InChI=1S/C19H23N3O8/c1-11-17(30-19(25)29-9-8-28-3)15(12-6-4-5-7-14(12)22(26)27)16(18(24)20-2)13(10-23)21-11/h4-7,15,21,23H,8-10H2,1-3H3,(H,20,24). The summed E-state index contributed by atoms with van der Waals surface area (Å²) in [7, 11) is 2.82. The van der Waals surface area contributed by atoms with Gasteiger partial charge in [0.1, 0.15) is 12.4 Å². The third-order valence-corrected chi connectivity index (χ3v) is 4.36. The van der Waals surface area contributed by atoms with E-state index < -0.39 is 29.5 Å². The Morgan fingerprint density at radius 3 is 2.60 bits per heavy atom. The van der Waals surface area contributed by atoms with Gasteiger partial charge in [0.2, 0.25) is 5.91 Å². The summed E-state index contributed by atoms with van der Waals surface area (Å²) in [5.74, 6) is -1.79. The molecule has 2 rings (SSSR count). The van der Waals surface area contributed by atoms with Crippen LogP contribution < -0.4 is 10.6 Å². The fourth-order valence-corrected chi connectivity index (χ4v) is 3.06. The first-order chi connectivity index (χ1) is 14.3. The van der Waals surface area contributed by atoms with Gasteiger partial charge < -0.3 is 30.0 Å². The summed E-state index contributed by atoms with van der Waals surface area (Å²) in [5.41, 5.74) is 0.255. The predicted octanol–water partition coefficient (Wildman–Crippen LogP) is 1.31. The average molecular weight is 421 g/mol. The molecule has 0 saturated heterocycles. The van der Waals surface area contributed by atoms with Crippen LogP contribution in [0.3, 0.4) is 0 Å². The first-order valence-corrected chi connectivity index (χ1v) is 8.96. The van der Waals surface area contributed by atoms with Crippen LogP contribution in [-0.4, -0.2) is 56.1 Å². The maximum Gasteiger partial charge on any atom is 0.513 e. The van der Waals surface area contributed by atoms with Gasteiger partial charge in [-0.05, 0) is 6.92 Å². The minimum Gasteiger partial charge on any atom is -0.432 e. The van der Waals surface area contributed by atoms with Gasteiger partial charge in [-0.1, -0.05) is 18.2 Å². The molecule has 1 amide bonds. The lowest BCUT2D eigenvalue weighted by atomic mass is 9.83. The number of amides is 1. The fraction of sp³-hybridized carbons (Fsp3) is 0.368. The average Bonchev–Trinajstić information content (AvgIpc) is 2.74. The highest BCUT2D eigenvalue weighted by molar-refractivity contribution is 5.97. The Kier molecular flexibility index (Phi) is 7.90. The number of carbonyl (C=O) groups excluding carboxylic acids is 2. The molecule has 3 N–H and O–H groups in total. The summed E-state index contributed by atoms with van der Waals surface area (Å²) >= 11 is 0. The number of nitro benzene ring substituents is 1. The minimum atomic E-state index is -1.13. The molecule has 1 atom stereocenters. The second-order valence-corrected chi connectivity index (χ2v) is 6.19. The maximum atomic E-state index is 12.6. The normalized spacial score (nSPS) is 16.1. The van der Waals surface area contributed by atoms with Crippen LogP contribution in [0.2, 0.25) is 0 Å². The number of hydrogen-bond acceptors (Lipinski definition) is 9. The van der Waals surface area contributed by atoms with Gasteiger partial charge in [0.15, 0.2) is 0 Å². The van der Waals surface area contributed by atoms with Gasteiger partial charge in [-0.25, -0.2) is 4.79 Å². The van der Waals surface area contributed by atoms with E-state index in [4.69, 9.17) is 14.2 Å². The van der Waals surface area contributed by atoms with Crippen molar-refractivity contribution in [1.29, 1.82) is 0 Å². The van der Waals surface area contributed by atoms with Gasteiger partial charge in [0.25, 0.3) is 5.69 Å². The number of likely N-dealkylation sites (N-methyl/N-ethyl adjacent to an activating group) is 1. The highest BCUT2D eigenvalue weighted by Crippen LogP contribution is 2.42. The van der Waals surface area contributed by atoms with Crippen LogP contribution in [0.4, 0.5) is 10.5 Å². The summed E-state index contributed by atoms with van der Waals surface area (Å²) in [6.45, 7) is 1.10. The van der Waals surface area contributed by atoms with E-state index in [1.165, 1.54) is 32.4 Å². The zero-order valence-corrected chi connectivity index (χ0v) is 16.8. The lowest BCUT2D eigenvalue weighted by molar-refractivity contribution is -0.385. The van der Waals surface area contributed by atoms with Crippen molar-refractivity contribution >= 4 is 17.7 Å². The number of benzene rings is 1. The third kappa shape index (κ3) is 4.93. The molecule has 1 aliphatic heterocycles. The third-order valence-electron chi connectivity index (χ3n) is 4.36. The van der Waals surface area contributed by atoms with Crippen molar-refractivity contribution in [1.82, 2.24) is 10.6 Å². The summed E-state index contributed by atoms with van der Waals surface area (Å²) < 4.78 is 15.1. The molecular weight excluding hydrogens is 398 g/mol. The summed E-state index contributed by atoms with van der Waals surface area (Å²) in [6.07, 6.45) is -1.06. The zero-order chi connectivity index (χ0) is 22.3. The predicted molar refractivity (Wildman–Crippen MR) is 104 cm³/mol. The zero-order valence-electron chi connectivity index (χ0n) is 16.8. The van der Waals surface area contributed by atoms with Crippen LogP contribution in [0, 0.1) is 10.1 Å². The van der Waals surface area contributed by atoms with Crippen LogP contribution in [-0.2, 0) is 19.0 Å². The first kappa shape index (κ1) is 22.8. The number of allylic oxidation sites excluding steroid dienone is 2. The summed E-state index contributed by atoms with van der Waals surface area (Å²) in [4.78, 5) is 35.8. The second-order valence-electron chi connectivity index (χ2n) is 6.19. The van der Waals surface area contributed by atoms with Crippen molar-refractivity contribution < 1.29 is 33.8 Å². The molecule has 1 aliphatic rings. The number of rotatable bonds is 8. The van der Waals surface area contributed by atoms with Gasteiger partial charge in [0, 0.05) is 25.8 Å². The Morgan fingerprint density at radius 1 is 1.30 bits per heavy atom. The smallest absolute Gasteiger partial charge is 0.432 e.